The number of rotatable bonds is 6. The Morgan fingerprint density at radius 3 is 2.41 bits per heavy atom. The van der Waals surface area contributed by atoms with Crippen LogP contribution >= 0.6 is 8.03 Å². The van der Waals surface area contributed by atoms with Gasteiger partial charge in [-0.2, -0.15) is 0 Å². The fraction of sp³-hybridized carbons (Fsp3) is 0.118. The van der Waals surface area contributed by atoms with Crippen molar-refractivity contribution < 1.29 is 18.9 Å². The summed E-state index contributed by atoms with van der Waals surface area (Å²) in [6.45, 7) is 5.46. The van der Waals surface area contributed by atoms with E-state index in [1.165, 1.54) is 0 Å². The van der Waals surface area contributed by atoms with Gasteiger partial charge in [-0.25, -0.2) is 4.79 Å². The first-order chi connectivity index (χ1) is 10.6. The van der Waals surface area contributed by atoms with Gasteiger partial charge in [0.15, 0.2) is 0 Å². The summed E-state index contributed by atoms with van der Waals surface area (Å²) in [6, 6.07) is 17.0. The summed E-state index contributed by atoms with van der Waals surface area (Å²) < 4.78 is 15.8. The number of benzene rings is 2. The number of carbonyl (C=O) groups is 1. The van der Waals surface area contributed by atoms with Crippen LogP contribution in [0.3, 0.4) is 0 Å². The lowest BCUT2D eigenvalue weighted by Crippen LogP contribution is -2.06. The van der Waals surface area contributed by atoms with Crippen LogP contribution in [0.15, 0.2) is 61.2 Å². The van der Waals surface area contributed by atoms with E-state index in [-0.39, 0.29) is 5.57 Å². The molecule has 1 unspecified atom stereocenters. The number of hydrogen-bond donors (Lipinski definition) is 0. The maximum absolute atomic E-state index is 12.0. The third kappa shape index (κ3) is 3.94. The van der Waals surface area contributed by atoms with Crippen LogP contribution in [0.4, 0.5) is 0 Å². The summed E-state index contributed by atoms with van der Waals surface area (Å²) in [4.78, 5) is 16.6. The quantitative estimate of drug-likeness (QED) is 0.344. The predicted molar refractivity (Wildman–Crippen MR) is 87.6 cm³/mol. The maximum atomic E-state index is 12.0. The second kappa shape index (κ2) is 7.74. The summed E-state index contributed by atoms with van der Waals surface area (Å²) in [5, 5.41) is 0. The average molecular weight is 316 g/mol. The Kier molecular flexibility index (Phi) is 5.70. The highest BCUT2D eigenvalue weighted by Crippen LogP contribution is 2.29. The molecule has 2 rings (SSSR count). The van der Waals surface area contributed by atoms with E-state index in [2.05, 4.69) is 16.1 Å². The van der Waals surface area contributed by atoms with Gasteiger partial charge in [-0.15, -0.1) is 4.67 Å². The largest absolute Gasteiger partial charge is 0.373 e. The lowest BCUT2D eigenvalue weighted by atomic mass is 9.95. The second-order valence-corrected chi connectivity index (χ2v) is 6.19. The van der Waals surface area contributed by atoms with Gasteiger partial charge >= 0.3 is 5.97 Å². The van der Waals surface area contributed by atoms with Gasteiger partial charge in [-0.05, 0) is 16.7 Å². The first kappa shape index (κ1) is 16.2. The average Bonchev–Trinajstić information content (AvgIpc) is 2.59. The molecule has 4 nitrogen and oxygen atoms in total. The van der Waals surface area contributed by atoms with Crippen LogP contribution in [-0.2, 0) is 18.9 Å². The molecule has 5 heteroatoms. The minimum Gasteiger partial charge on any atom is -0.292 e. The Balaban J connectivity index is 2.24. The molecule has 2 aromatic carbocycles. The lowest BCUT2D eigenvalue weighted by Gasteiger charge is -2.11. The van der Waals surface area contributed by atoms with Gasteiger partial charge in [-0.1, -0.05) is 68.1 Å². The van der Waals surface area contributed by atoms with Crippen LogP contribution < -0.4 is 0 Å². The fourth-order valence-electron chi connectivity index (χ4n) is 1.92. The molecule has 0 fully saturated rings. The zero-order chi connectivity index (χ0) is 15.9. The molecule has 0 radical (unpaired) electrons. The second-order valence-electron chi connectivity index (χ2n) is 4.57. The van der Waals surface area contributed by atoms with Gasteiger partial charge in [0.25, 0.3) is 0 Å². The van der Waals surface area contributed by atoms with Gasteiger partial charge in [0.05, 0.1) is 5.57 Å². The molecular formula is C17H17O4P. The fourth-order valence-corrected chi connectivity index (χ4v) is 2.21. The van der Waals surface area contributed by atoms with Crippen molar-refractivity contribution >= 4 is 19.6 Å². The van der Waals surface area contributed by atoms with Crippen LogP contribution in [0.2, 0.25) is 0 Å². The van der Waals surface area contributed by atoms with Gasteiger partial charge < -0.3 is 0 Å². The van der Waals surface area contributed by atoms with Crippen molar-refractivity contribution in [1.82, 2.24) is 0 Å². The number of carbonyl (C=O) groups excluding carboxylic acids is 1. The van der Waals surface area contributed by atoms with Crippen molar-refractivity contribution in [1.29, 1.82) is 0 Å². The minimum atomic E-state index is -2.33. The smallest absolute Gasteiger partial charge is 0.292 e. The molecule has 0 heterocycles. The molecule has 0 spiro atoms. The molecule has 2 aromatic rings. The molecule has 0 bridgehead atoms. The third-order valence-corrected chi connectivity index (χ3v) is 3.93. The van der Waals surface area contributed by atoms with Crippen molar-refractivity contribution in [3.63, 3.8) is 0 Å². The lowest BCUT2D eigenvalue weighted by molar-refractivity contribution is -0.203. The Labute approximate surface area is 130 Å². The number of hydrogen-bond acceptors (Lipinski definition) is 4. The van der Waals surface area contributed by atoms with E-state index in [9.17, 15) is 9.36 Å². The van der Waals surface area contributed by atoms with E-state index in [0.29, 0.717) is 11.7 Å². The molecule has 0 aliphatic heterocycles. The Morgan fingerprint density at radius 1 is 1.09 bits per heavy atom. The van der Waals surface area contributed by atoms with Crippen molar-refractivity contribution in [3.05, 3.63) is 66.7 Å². The molecule has 1 atom stereocenters. The van der Waals surface area contributed by atoms with Crippen LogP contribution in [-0.4, -0.2) is 12.1 Å². The predicted octanol–water partition coefficient (Wildman–Crippen LogP) is 4.34. The molecule has 114 valence electrons. The molecular weight excluding hydrogens is 299 g/mol. The first-order valence-electron chi connectivity index (χ1n) is 6.89. The van der Waals surface area contributed by atoms with Crippen LogP contribution in [0.25, 0.3) is 16.7 Å². The van der Waals surface area contributed by atoms with E-state index in [1.807, 2.05) is 48.5 Å². The molecule has 0 N–H and O–H groups in total. The van der Waals surface area contributed by atoms with E-state index >= 15 is 0 Å². The van der Waals surface area contributed by atoms with Crippen molar-refractivity contribution in [2.75, 3.05) is 6.16 Å². The normalized spacial score (nSPS) is 11.7. The Hall–Kier alpha value is -2.16. The summed E-state index contributed by atoms with van der Waals surface area (Å²) in [7, 11) is -2.33. The SMILES string of the molecule is C=C(C(=O)OO[PH](=O)CC)c1ccccc1-c1ccccc1. The summed E-state index contributed by atoms with van der Waals surface area (Å²) in [6.07, 6.45) is 0.311. The zero-order valence-corrected chi connectivity index (χ0v) is 13.2. The van der Waals surface area contributed by atoms with Crippen LogP contribution in [0.1, 0.15) is 12.5 Å². The molecule has 22 heavy (non-hydrogen) atoms. The van der Waals surface area contributed by atoms with Crippen LogP contribution in [0, 0.1) is 0 Å². The van der Waals surface area contributed by atoms with E-state index in [4.69, 9.17) is 0 Å². The zero-order valence-electron chi connectivity index (χ0n) is 12.2. The summed E-state index contributed by atoms with van der Waals surface area (Å²) in [5.74, 6) is -0.741. The van der Waals surface area contributed by atoms with Gasteiger partial charge in [0.1, 0.15) is 0 Å². The third-order valence-electron chi connectivity index (χ3n) is 3.08. The standard InChI is InChI=1S/C17H17O4P/c1-3-22(19)21-20-17(18)13(2)15-11-7-8-12-16(15)14-9-5-4-6-10-14/h4-12,22H,2-3H2,1H3. The molecule has 0 amide bonds. The molecule has 0 saturated carbocycles. The van der Waals surface area contributed by atoms with Crippen molar-refractivity contribution in [3.8, 4) is 11.1 Å². The highest BCUT2D eigenvalue weighted by molar-refractivity contribution is 7.38. The Morgan fingerprint density at radius 2 is 1.73 bits per heavy atom. The Bertz CT molecular complexity index is 695. The highest BCUT2D eigenvalue weighted by Gasteiger charge is 2.17. The summed E-state index contributed by atoms with van der Waals surface area (Å²) in [5.41, 5.74) is 2.65. The maximum Gasteiger partial charge on any atom is 0.373 e. The van der Waals surface area contributed by atoms with Crippen LogP contribution in [0.5, 0.6) is 0 Å². The molecule has 0 saturated heterocycles. The molecule has 0 aromatic heterocycles. The first-order valence-corrected chi connectivity index (χ1v) is 8.41. The van der Waals surface area contributed by atoms with Gasteiger partial charge in [0, 0.05) is 6.16 Å². The van der Waals surface area contributed by atoms with Crippen molar-refractivity contribution in [2.45, 2.75) is 6.92 Å². The summed E-state index contributed by atoms with van der Waals surface area (Å²) >= 11 is 0. The van der Waals surface area contributed by atoms with E-state index < -0.39 is 14.0 Å². The molecule has 0 aliphatic carbocycles. The van der Waals surface area contributed by atoms with E-state index in [1.54, 1.807) is 13.0 Å². The minimum absolute atomic E-state index is 0.158. The van der Waals surface area contributed by atoms with E-state index in [0.717, 1.165) is 11.1 Å². The molecule has 0 aliphatic rings. The van der Waals surface area contributed by atoms with Gasteiger partial charge in [0.2, 0.25) is 8.03 Å². The van der Waals surface area contributed by atoms with Crippen molar-refractivity contribution in [2.24, 2.45) is 0 Å². The topological polar surface area (TPSA) is 52.6 Å². The monoisotopic (exact) mass is 316 g/mol. The van der Waals surface area contributed by atoms with Gasteiger partial charge in [-0.3, -0.25) is 9.45 Å². The highest BCUT2D eigenvalue weighted by atomic mass is 31.1.